The maximum atomic E-state index is 11.4. The maximum Gasteiger partial charge on any atom is 0.268 e. The number of carbonyl (C=O) groups is 1. The van der Waals surface area contributed by atoms with Gasteiger partial charge in [0, 0.05) is 18.0 Å². The Balaban J connectivity index is 2.30. The third-order valence-electron chi connectivity index (χ3n) is 2.73. The number of nitrogens with zero attached hydrogens (tertiary/aromatic N) is 3. The first-order valence-corrected chi connectivity index (χ1v) is 5.44. The summed E-state index contributed by atoms with van der Waals surface area (Å²) in [5.74, 6) is -0.545. The first-order chi connectivity index (χ1) is 8.77. The lowest BCUT2D eigenvalue weighted by atomic mass is 10.1. The molecular weight excluding hydrogens is 228 g/mol. The zero-order chi connectivity index (χ0) is 12.5. The van der Waals surface area contributed by atoms with Crippen molar-refractivity contribution in [2.45, 2.75) is 0 Å². The fraction of sp³-hybridized carbons (Fsp3) is 0. The van der Waals surface area contributed by atoms with E-state index >= 15 is 0 Å². The minimum atomic E-state index is -0.545. The van der Waals surface area contributed by atoms with Crippen molar-refractivity contribution in [1.82, 2.24) is 14.4 Å². The van der Waals surface area contributed by atoms with E-state index in [2.05, 4.69) is 9.97 Å². The van der Waals surface area contributed by atoms with Crippen LogP contribution in [0, 0.1) is 0 Å². The van der Waals surface area contributed by atoms with Gasteiger partial charge in [0.05, 0.1) is 11.9 Å². The fourth-order valence-electron chi connectivity index (χ4n) is 1.94. The van der Waals surface area contributed by atoms with Gasteiger partial charge in [-0.25, -0.2) is 4.98 Å². The van der Waals surface area contributed by atoms with Crippen LogP contribution >= 0.6 is 0 Å². The van der Waals surface area contributed by atoms with Crippen LogP contribution in [0.2, 0.25) is 0 Å². The van der Waals surface area contributed by atoms with E-state index in [4.69, 9.17) is 5.73 Å². The van der Waals surface area contributed by atoms with Crippen molar-refractivity contribution < 1.29 is 4.79 Å². The fourth-order valence-corrected chi connectivity index (χ4v) is 1.94. The van der Waals surface area contributed by atoms with E-state index in [9.17, 15) is 4.79 Å². The molecular formula is C13H10N4O. The average molecular weight is 238 g/mol. The molecule has 3 aromatic heterocycles. The first-order valence-electron chi connectivity index (χ1n) is 5.44. The van der Waals surface area contributed by atoms with Gasteiger partial charge in [-0.05, 0) is 24.3 Å². The summed E-state index contributed by atoms with van der Waals surface area (Å²) < 4.78 is 1.89. The molecule has 0 aliphatic heterocycles. The number of nitrogens with two attached hydrogens (primary N) is 1. The summed E-state index contributed by atoms with van der Waals surface area (Å²) in [6, 6.07) is 9.28. The standard InChI is InChI=1S/C13H10N4O/c14-13(18)12-9(4-3-6-15-12)10-8-16-11-5-1-2-7-17(10)11/h1-8H,(H2,14,18). The van der Waals surface area contributed by atoms with Gasteiger partial charge in [0.25, 0.3) is 5.91 Å². The molecule has 0 fully saturated rings. The number of amides is 1. The van der Waals surface area contributed by atoms with Gasteiger partial charge in [0.1, 0.15) is 11.3 Å². The number of hydrogen-bond acceptors (Lipinski definition) is 3. The highest BCUT2D eigenvalue weighted by Gasteiger charge is 2.14. The van der Waals surface area contributed by atoms with Crippen molar-refractivity contribution in [1.29, 1.82) is 0 Å². The zero-order valence-corrected chi connectivity index (χ0v) is 9.45. The van der Waals surface area contributed by atoms with Crippen LogP contribution in [-0.2, 0) is 0 Å². The van der Waals surface area contributed by atoms with E-state index in [0.717, 1.165) is 11.3 Å². The molecule has 5 nitrogen and oxygen atoms in total. The van der Waals surface area contributed by atoms with Crippen molar-refractivity contribution in [3.05, 3.63) is 54.6 Å². The van der Waals surface area contributed by atoms with Gasteiger partial charge >= 0.3 is 0 Å². The summed E-state index contributed by atoms with van der Waals surface area (Å²) in [5.41, 5.74) is 7.88. The number of primary amides is 1. The van der Waals surface area contributed by atoms with Gasteiger partial charge in [0.15, 0.2) is 0 Å². The van der Waals surface area contributed by atoms with E-state index in [1.807, 2.05) is 34.9 Å². The summed E-state index contributed by atoms with van der Waals surface area (Å²) in [4.78, 5) is 19.7. The second kappa shape index (κ2) is 3.96. The predicted octanol–water partition coefficient (Wildman–Crippen LogP) is 1.50. The van der Waals surface area contributed by atoms with Crippen molar-refractivity contribution in [3.8, 4) is 11.3 Å². The molecule has 3 rings (SSSR count). The third-order valence-corrected chi connectivity index (χ3v) is 2.73. The normalized spacial score (nSPS) is 10.7. The molecule has 2 N–H and O–H groups in total. The number of rotatable bonds is 2. The number of imidazole rings is 1. The number of carbonyl (C=O) groups excluding carboxylic acids is 1. The van der Waals surface area contributed by atoms with Crippen LogP contribution in [0.4, 0.5) is 0 Å². The Morgan fingerprint density at radius 1 is 1.17 bits per heavy atom. The highest BCUT2D eigenvalue weighted by atomic mass is 16.1. The molecule has 0 saturated carbocycles. The molecule has 3 heterocycles. The summed E-state index contributed by atoms with van der Waals surface area (Å²) in [6.45, 7) is 0. The lowest BCUT2D eigenvalue weighted by molar-refractivity contribution is 0.0996. The van der Waals surface area contributed by atoms with E-state index in [1.165, 1.54) is 0 Å². The zero-order valence-electron chi connectivity index (χ0n) is 9.45. The highest BCUT2D eigenvalue weighted by molar-refractivity contribution is 5.97. The molecule has 0 aliphatic carbocycles. The van der Waals surface area contributed by atoms with Crippen LogP contribution in [0.15, 0.2) is 48.9 Å². The van der Waals surface area contributed by atoms with Crippen LogP contribution in [0.5, 0.6) is 0 Å². The summed E-state index contributed by atoms with van der Waals surface area (Å²) in [6.07, 6.45) is 5.14. The number of fused-ring (bicyclic) bond motifs is 1. The molecule has 0 bridgehead atoms. The van der Waals surface area contributed by atoms with Gasteiger partial charge in [0.2, 0.25) is 0 Å². The van der Waals surface area contributed by atoms with E-state index < -0.39 is 5.91 Å². The Morgan fingerprint density at radius 3 is 2.89 bits per heavy atom. The Labute approximate surface area is 103 Å². The topological polar surface area (TPSA) is 73.3 Å². The van der Waals surface area contributed by atoms with Crippen molar-refractivity contribution in [2.24, 2.45) is 5.73 Å². The Bertz CT molecular complexity index is 732. The van der Waals surface area contributed by atoms with Crippen LogP contribution in [0.25, 0.3) is 16.9 Å². The van der Waals surface area contributed by atoms with E-state index in [0.29, 0.717) is 5.56 Å². The molecule has 0 radical (unpaired) electrons. The monoisotopic (exact) mass is 238 g/mol. The molecule has 0 saturated heterocycles. The van der Waals surface area contributed by atoms with Gasteiger partial charge in [-0.15, -0.1) is 0 Å². The van der Waals surface area contributed by atoms with Crippen LogP contribution in [0.3, 0.4) is 0 Å². The Hall–Kier alpha value is -2.69. The summed E-state index contributed by atoms with van der Waals surface area (Å²) >= 11 is 0. The van der Waals surface area contributed by atoms with Gasteiger partial charge in [-0.1, -0.05) is 6.07 Å². The van der Waals surface area contributed by atoms with Gasteiger partial charge < -0.3 is 5.73 Å². The highest BCUT2D eigenvalue weighted by Crippen LogP contribution is 2.22. The molecule has 0 spiro atoms. The molecule has 1 amide bonds. The number of aromatic nitrogens is 3. The van der Waals surface area contributed by atoms with Crippen molar-refractivity contribution in [2.75, 3.05) is 0 Å². The Morgan fingerprint density at radius 2 is 2.06 bits per heavy atom. The molecule has 0 aliphatic rings. The molecule has 88 valence electrons. The van der Waals surface area contributed by atoms with Crippen LogP contribution in [-0.4, -0.2) is 20.3 Å². The summed E-state index contributed by atoms with van der Waals surface area (Å²) in [7, 11) is 0. The lowest BCUT2D eigenvalue weighted by Gasteiger charge is -2.05. The summed E-state index contributed by atoms with van der Waals surface area (Å²) in [5, 5.41) is 0. The molecule has 0 unspecified atom stereocenters. The molecule has 0 aromatic carbocycles. The molecule has 5 heteroatoms. The quantitative estimate of drug-likeness (QED) is 0.735. The van der Waals surface area contributed by atoms with Gasteiger partial charge in [-0.2, -0.15) is 0 Å². The molecule has 3 aromatic rings. The van der Waals surface area contributed by atoms with Gasteiger partial charge in [-0.3, -0.25) is 14.2 Å². The second-order valence-electron chi connectivity index (χ2n) is 3.84. The van der Waals surface area contributed by atoms with E-state index in [-0.39, 0.29) is 5.69 Å². The predicted molar refractivity (Wildman–Crippen MR) is 66.9 cm³/mol. The second-order valence-corrected chi connectivity index (χ2v) is 3.84. The molecule has 0 atom stereocenters. The molecule has 18 heavy (non-hydrogen) atoms. The smallest absolute Gasteiger partial charge is 0.268 e. The number of pyridine rings is 2. The third kappa shape index (κ3) is 1.53. The maximum absolute atomic E-state index is 11.4. The minimum Gasteiger partial charge on any atom is -0.364 e. The van der Waals surface area contributed by atoms with Crippen LogP contribution in [0.1, 0.15) is 10.5 Å². The SMILES string of the molecule is NC(=O)c1ncccc1-c1cnc2ccccn12. The average Bonchev–Trinajstić information content (AvgIpc) is 2.82. The first kappa shape index (κ1) is 10.5. The largest absolute Gasteiger partial charge is 0.364 e. The Kier molecular flexibility index (Phi) is 2.30. The lowest BCUT2D eigenvalue weighted by Crippen LogP contribution is -2.14. The van der Waals surface area contributed by atoms with Crippen LogP contribution < -0.4 is 5.73 Å². The van der Waals surface area contributed by atoms with Crippen molar-refractivity contribution in [3.63, 3.8) is 0 Å². The van der Waals surface area contributed by atoms with E-state index in [1.54, 1.807) is 18.5 Å². The number of hydrogen-bond donors (Lipinski definition) is 1. The minimum absolute atomic E-state index is 0.253. The van der Waals surface area contributed by atoms with Crippen molar-refractivity contribution >= 4 is 11.6 Å².